The Labute approximate surface area is 230 Å². The smallest absolute Gasteiger partial charge is 0.120 e. The zero-order valence-electron chi connectivity index (χ0n) is 22.0. The van der Waals surface area contributed by atoms with Crippen LogP contribution < -0.4 is 4.74 Å². The third-order valence-corrected chi connectivity index (χ3v) is 7.68. The largest absolute Gasteiger partial charge is 0.489 e. The van der Waals surface area contributed by atoms with Crippen molar-refractivity contribution in [3.05, 3.63) is 143 Å². The van der Waals surface area contributed by atoms with Crippen LogP contribution in [-0.4, -0.2) is 21.5 Å². The Morgan fingerprint density at radius 3 is 2.62 bits per heavy atom. The summed E-state index contributed by atoms with van der Waals surface area (Å²) in [5.74, 6) is 1.48. The monoisotopic (exact) mass is 512 g/mol. The van der Waals surface area contributed by atoms with E-state index in [1.165, 1.54) is 27.8 Å². The fraction of sp³-hybridized carbons (Fsp3) is 0.229. The van der Waals surface area contributed by atoms with Crippen molar-refractivity contribution in [2.75, 3.05) is 6.61 Å². The maximum atomic E-state index is 9.12. The molecule has 2 unspecified atom stereocenters. The molecular formula is C35H32N2O2. The van der Waals surface area contributed by atoms with Gasteiger partial charge in [0.25, 0.3) is 0 Å². The lowest BCUT2D eigenvalue weighted by Crippen LogP contribution is -2.20. The molecule has 4 aromatic carbocycles. The number of aryl methyl sites for hydroxylation is 2. The first-order chi connectivity index (χ1) is 19.3. The second-order valence-electron chi connectivity index (χ2n) is 10.2. The number of hydrogen-bond acceptors (Lipinski definition) is 3. The van der Waals surface area contributed by atoms with Gasteiger partial charge in [-0.15, -0.1) is 0 Å². The predicted octanol–water partition coefficient (Wildman–Crippen LogP) is 6.97. The zero-order chi connectivity index (χ0) is 26.4. The van der Waals surface area contributed by atoms with Crippen molar-refractivity contribution in [2.45, 2.75) is 44.2 Å². The molecule has 1 aliphatic rings. The number of aliphatic hydroxyl groups excluding tert-OH is 1. The molecule has 0 radical (unpaired) electrons. The third-order valence-electron chi connectivity index (χ3n) is 7.68. The van der Waals surface area contributed by atoms with E-state index in [4.69, 9.17) is 9.84 Å². The molecular weight excluding hydrogens is 480 g/mol. The summed E-state index contributed by atoms with van der Waals surface area (Å²) in [5, 5.41) is 13.6. The second-order valence-corrected chi connectivity index (χ2v) is 10.2. The van der Waals surface area contributed by atoms with Crippen LogP contribution in [0, 0.1) is 12.1 Å². The van der Waals surface area contributed by atoms with Crippen LogP contribution in [0.2, 0.25) is 0 Å². The molecule has 0 spiro atoms. The van der Waals surface area contributed by atoms with Gasteiger partial charge >= 0.3 is 0 Å². The van der Waals surface area contributed by atoms with Crippen LogP contribution in [-0.2, 0) is 19.6 Å². The van der Waals surface area contributed by atoms with E-state index in [-0.39, 0.29) is 12.5 Å². The number of nitrogens with zero attached hydrogens (tertiary/aromatic N) is 2. The lowest BCUT2D eigenvalue weighted by Gasteiger charge is -2.34. The van der Waals surface area contributed by atoms with Crippen LogP contribution in [0.5, 0.6) is 5.75 Å². The van der Waals surface area contributed by atoms with Gasteiger partial charge in [0.05, 0.1) is 6.20 Å². The summed E-state index contributed by atoms with van der Waals surface area (Å²) in [6.07, 6.45) is 6.71. The summed E-state index contributed by atoms with van der Waals surface area (Å²) < 4.78 is 8.06. The minimum atomic E-state index is 0.172. The molecule has 0 saturated heterocycles. The standard InChI is InChI=1S/C35H32N2O2/c38-21-7-20-37-24-31(23-36-37)27-12-14-29(15-13-27)35-33(28-10-5-2-6-11-28)18-16-30-22-32(17-19-34(30)35)39-25-26-8-3-1-4-9-26/h1-5,8-10,12-15,17,19,22-24,33,35,38H,7,16,18,20-21,25H2. The summed E-state index contributed by atoms with van der Waals surface area (Å²) in [7, 11) is 0. The molecule has 194 valence electrons. The Balaban J connectivity index is 1.29. The van der Waals surface area contributed by atoms with Gasteiger partial charge in [-0.1, -0.05) is 78.9 Å². The van der Waals surface area contributed by atoms with Gasteiger partial charge in [0, 0.05) is 42.3 Å². The number of hydrogen-bond donors (Lipinski definition) is 1. The molecule has 1 N–H and O–H groups in total. The van der Waals surface area contributed by atoms with Gasteiger partial charge in [-0.3, -0.25) is 4.68 Å². The molecule has 5 aromatic rings. The normalized spacial score (nSPS) is 16.3. The summed E-state index contributed by atoms with van der Waals surface area (Å²) in [4.78, 5) is 0. The fourth-order valence-electron chi connectivity index (χ4n) is 5.71. The van der Waals surface area contributed by atoms with Crippen LogP contribution in [0.1, 0.15) is 52.5 Å². The number of ether oxygens (including phenoxy) is 1. The quantitative estimate of drug-likeness (QED) is 0.232. The summed E-state index contributed by atoms with van der Waals surface area (Å²) >= 11 is 0. The summed E-state index contributed by atoms with van der Waals surface area (Å²) in [5.41, 5.74) is 8.63. The van der Waals surface area contributed by atoms with Crippen LogP contribution in [0.15, 0.2) is 103 Å². The van der Waals surface area contributed by atoms with Crippen molar-refractivity contribution in [3.8, 4) is 16.9 Å². The minimum Gasteiger partial charge on any atom is -0.489 e. The molecule has 1 heterocycles. The van der Waals surface area contributed by atoms with Gasteiger partial charge in [-0.05, 0) is 71.3 Å². The molecule has 6 rings (SSSR count). The molecule has 2 atom stereocenters. The van der Waals surface area contributed by atoms with Gasteiger partial charge in [-0.25, -0.2) is 0 Å². The molecule has 0 fully saturated rings. The van der Waals surface area contributed by atoms with Crippen molar-refractivity contribution >= 4 is 0 Å². The van der Waals surface area contributed by atoms with Crippen molar-refractivity contribution in [1.29, 1.82) is 0 Å². The van der Waals surface area contributed by atoms with E-state index >= 15 is 0 Å². The van der Waals surface area contributed by atoms with Crippen LogP contribution >= 0.6 is 0 Å². The number of benzene rings is 3. The average Bonchev–Trinajstić information content (AvgIpc) is 3.48. The van der Waals surface area contributed by atoms with E-state index in [9.17, 15) is 0 Å². The highest BCUT2D eigenvalue weighted by Gasteiger charge is 2.32. The maximum absolute atomic E-state index is 9.12. The predicted molar refractivity (Wildman–Crippen MR) is 154 cm³/mol. The van der Waals surface area contributed by atoms with Crippen LogP contribution in [0.25, 0.3) is 11.1 Å². The van der Waals surface area contributed by atoms with Crippen molar-refractivity contribution < 1.29 is 9.84 Å². The molecule has 1 aromatic heterocycles. The number of aliphatic hydroxyl groups is 1. The van der Waals surface area contributed by atoms with E-state index in [0.29, 0.717) is 18.9 Å². The first-order valence-corrected chi connectivity index (χ1v) is 13.7. The topological polar surface area (TPSA) is 47.3 Å². The first-order valence-electron chi connectivity index (χ1n) is 13.7. The van der Waals surface area contributed by atoms with E-state index < -0.39 is 0 Å². The van der Waals surface area contributed by atoms with Gasteiger partial charge in [0.1, 0.15) is 12.4 Å². The molecule has 1 aliphatic carbocycles. The molecule has 0 aliphatic heterocycles. The number of aromatic nitrogens is 2. The average molecular weight is 513 g/mol. The minimum absolute atomic E-state index is 0.172. The van der Waals surface area contributed by atoms with E-state index in [1.54, 1.807) is 0 Å². The fourth-order valence-corrected chi connectivity index (χ4v) is 5.71. The summed E-state index contributed by atoms with van der Waals surface area (Å²) in [6, 6.07) is 38.6. The highest BCUT2D eigenvalue weighted by Crippen LogP contribution is 2.47. The lowest BCUT2D eigenvalue weighted by atomic mass is 9.69. The highest BCUT2D eigenvalue weighted by atomic mass is 16.5. The van der Waals surface area contributed by atoms with Gasteiger partial charge in [-0.2, -0.15) is 5.10 Å². The molecule has 0 bridgehead atoms. The molecule has 0 saturated carbocycles. The molecule has 4 heteroatoms. The lowest BCUT2D eigenvalue weighted by molar-refractivity contribution is 0.277. The zero-order valence-corrected chi connectivity index (χ0v) is 22.0. The van der Waals surface area contributed by atoms with Crippen molar-refractivity contribution in [3.63, 3.8) is 0 Å². The van der Waals surface area contributed by atoms with Gasteiger partial charge < -0.3 is 9.84 Å². The Kier molecular flexibility index (Phi) is 7.43. The Morgan fingerprint density at radius 2 is 1.82 bits per heavy atom. The third kappa shape index (κ3) is 5.60. The van der Waals surface area contributed by atoms with Crippen molar-refractivity contribution in [1.82, 2.24) is 9.78 Å². The molecule has 4 nitrogen and oxygen atoms in total. The van der Waals surface area contributed by atoms with Crippen LogP contribution in [0.3, 0.4) is 0 Å². The Hall–Kier alpha value is -4.33. The SMILES string of the molecule is OCCCn1cc(-c2ccc(C3c4ccc(OCc5ccccc5)cc4CCC3c3c#cccc3)cc2)cn1. The second kappa shape index (κ2) is 11.6. The van der Waals surface area contributed by atoms with Crippen LogP contribution in [0.4, 0.5) is 0 Å². The number of rotatable bonds is 9. The van der Waals surface area contributed by atoms with Gasteiger partial charge in [0.15, 0.2) is 0 Å². The molecule has 0 amide bonds. The Bertz CT molecular complexity index is 1490. The number of fused-ring (bicyclic) bond motifs is 1. The van der Waals surface area contributed by atoms with E-state index in [1.807, 2.05) is 35.1 Å². The van der Waals surface area contributed by atoms with E-state index in [0.717, 1.165) is 36.3 Å². The van der Waals surface area contributed by atoms with E-state index in [2.05, 4.69) is 90.2 Å². The van der Waals surface area contributed by atoms with Crippen molar-refractivity contribution in [2.24, 2.45) is 0 Å². The van der Waals surface area contributed by atoms with Gasteiger partial charge in [0.2, 0.25) is 0 Å². The summed E-state index contributed by atoms with van der Waals surface area (Å²) in [6.45, 7) is 1.46. The maximum Gasteiger partial charge on any atom is 0.120 e. The highest BCUT2D eigenvalue weighted by molar-refractivity contribution is 5.62. The first kappa shape index (κ1) is 25.0. The molecule has 39 heavy (non-hydrogen) atoms. The Morgan fingerprint density at radius 1 is 0.949 bits per heavy atom.